The Morgan fingerprint density at radius 3 is 2.27 bits per heavy atom. The van der Waals surface area contributed by atoms with Crippen molar-refractivity contribution in [3.63, 3.8) is 0 Å². The molecule has 0 aromatic heterocycles. The Kier molecular flexibility index (Phi) is 1.87. The highest BCUT2D eigenvalue weighted by atomic mass is 14.5. The molecule has 0 aliphatic heterocycles. The van der Waals surface area contributed by atoms with E-state index in [1.807, 2.05) is 0 Å². The summed E-state index contributed by atoms with van der Waals surface area (Å²) in [6, 6.07) is 0. The second-order valence-corrected chi connectivity index (χ2v) is 4.42. The van der Waals surface area contributed by atoms with Gasteiger partial charge in [-0.2, -0.15) is 0 Å². The number of rotatable bonds is 0. The first-order valence-electron chi connectivity index (χ1n) is 4.31. The Labute approximate surface area is 69.5 Å². The highest BCUT2D eigenvalue weighted by Crippen LogP contribution is 2.58. The van der Waals surface area contributed by atoms with Gasteiger partial charge >= 0.3 is 0 Å². The molecule has 1 fully saturated rings. The number of nitrogens with zero attached hydrogens (tertiary/aromatic N) is 1. The minimum absolute atomic E-state index is 0. The van der Waals surface area contributed by atoms with E-state index in [2.05, 4.69) is 20.8 Å². The van der Waals surface area contributed by atoms with Crippen LogP contribution in [0.25, 0.3) is 0 Å². The summed E-state index contributed by atoms with van der Waals surface area (Å²) in [4.78, 5) is 0. The summed E-state index contributed by atoms with van der Waals surface area (Å²) in [6.07, 6.45) is 4.24. The Bertz CT molecular complexity index is 201. The standard InChI is InChI=1S/C10H16.N/c1-7-4-5-8-6-9(7)10(8,2)3;/h8H,4-6H2,1-3H3;. The third kappa shape index (κ3) is 0.943. The van der Waals surface area contributed by atoms with E-state index in [4.69, 9.17) is 0 Å². The zero-order valence-electron chi connectivity index (χ0n) is 7.65. The summed E-state index contributed by atoms with van der Waals surface area (Å²) in [5.41, 5.74) is 4.04. The first kappa shape index (κ1) is 8.79. The van der Waals surface area contributed by atoms with E-state index in [1.165, 1.54) is 19.3 Å². The zero-order chi connectivity index (χ0) is 7.35. The SMILES string of the molecule is CC1=C2CC(CC1)C2(C)C.[N]. The molecule has 3 radical (unpaired) electrons. The number of hydrogen-bond donors (Lipinski definition) is 0. The maximum atomic E-state index is 2.40. The quantitative estimate of drug-likeness (QED) is 0.475. The third-order valence-corrected chi connectivity index (χ3v) is 3.63. The van der Waals surface area contributed by atoms with Gasteiger partial charge in [-0.15, -0.1) is 0 Å². The van der Waals surface area contributed by atoms with Crippen LogP contribution in [0.5, 0.6) is 0 Å². The van der Waals surface area contributed by atoms with Crippen molar-refractivity contribution in [3.05, 3.63) is 11.1 Å². The molecule has 1 nitrogen and oxygen atoms in total. The van der Waals surface area contributed by atoms with E-state index >= 15 is 0 Å². The average Bonchev–Trinajstić information content (AvgIpc) is 1.87. The molecule has 0 aromatic rings. The van der Waals surface area contributed by atoms with E-state index in [-0.39, 0.29) is 6.15 Å². The third-order valence-electron chi connectivity index (χ3n) is 3.63. The normalized spacial score (nSPS) is 32.5. The summed E-state index contributed by atoms with van der Waals surface area (Å²) in [5, 5.41) is 0. The van der Waals surface area contributed by atoms with Crippen LogP contribution in [0, 0.1) is 11.3 Å². The van der Waals surface area contributed by atoms with Crippen molar-refractivity contribution in [1.29, 1.82) is 0 Å². The molecule has 1 saturated carbocycles. The van der Waals surface area contributed by atoms with Crippen molar-refractivity contribution in [2.75, 3.05) is 0 Å². The topological polar surface area (TPSA) is 30.5 Å². The highest BCUT2D eigenvalue weighted by Gasteiger charge is 2.46. The molecule has 3 aliphatic rings. The lowest BCUT2D eigenvalue weighted by atomic mass is 9.52. The summed E-state index contributed by atoms with van der Waals surface area (Å²) in [7, 11) is 0. The van der Waals surface area contributed by atoms with Crippen LogP contribution in [-0.4, -0.2) is 0 Å². The van der Waals surface area contributed by atoms with E-state index < -0.39 is 0 Å². The Morgan fingerprint density at radius 2 is 2.00 bits per heavy atom. The first-order chi connectivity index (χ1) is 4.62. The zero-order valence-corrected chi connectivity index (χ0v) is 7.65. The molecule has 0 saturated heterocycles. The highest BCUT2D eigenvalue weighted by molar-refractivity contribution is 5.32. The maximum absolute atomic E-state index is 2.40. The van der Waals surface area contributed by atoms with Crippen molar-refractivity contribution in [1.82, 2.24) is 6.15 Å². The largest absolute Gasteiger partial charge is 0.0735 e. The van der Waals surface area contributed by atoms with Crippen LogP contribution in [-0.2, 0) is 0 Å². The predicted octanol–water partition coefficient (Wildman–Crippen LogP) is 2.66. The van der Waals surface area contributed by atoms with Crippen LogP contribution in [0.3, 0.4) is 0 Å². The van der Waals surface area contributed by atoms with Crippen LogP contribution < -0.4 is 6.15 Å². The molecule has 0 amide bonds. The van der Waals surface area contributed by atoms with Crippen molar-refractivity contribution < 1.29 is 0 Å². The molecule has 1 unspecified atom stereocenters. The Morgan fingerprint density at radius 1 is 1.36 bits per heavy atom. The van der Waals surface area contributed by atoms with Gasteiger partial charge in [-0.3, -0.25) is 0 Å². The van der Waals surface area contributed by atoms with E-state index in [9.17, 15) is 0 Å². The Hall–Kier alpha value is -0.300. The van der Waals surface area contributed by atoms with E-state index in [1.54, 1.807) is 11.1 Å². The molecule has 61 valence electrons. The van der Waals surface area contributed by atoms with Gasteiger partial charge in [-0.05, 0) is 37.5 Å². The minimum atomic E-state index is 0. The lowest BCUT2D eigenvalue weighted by Gasteiger charge is -2.52. The number of allylic oxidation sites excluding steroid dienone is 2. The van der Waals surface area contributed by atoms with Crippen molar-refractivity contribution in [2.24, 2.45) is 11.3 Å². The molecule has 0 N–H and O–H groups in total. The van der Waals surface area contributed by atoms with Gasteiger partial charge in [0.25, 0.3) is 0 Å². The van der Waals surface area contributed by atoms with E-state index in [0.29, 0.717) is 5.41 Å². The van der Waals surface area contributed by atoms with Crippen LogP contribution in [0.4, 0.5) is 0 Å². The van der Waals surface area contributed by atoms with Crippen LogP contribution in [0.1, 0.15) is 40.0 Å². The molecule has 0 aromatic carbocycles. The summed E-state index contributed by atoms with van der Waals surface area (Å²) >= 11 is 0. The lowest BCUT2D eigenvalue weighted by Crippen LogP contribution is -2.41. The molecule has 3 aliphatic carbocycles. The van der Waals surface area contributed by atoms with Gasteiger partial charge in [-0.1, -0.05) is 25.0 Å². The van der Waals surface area contributed by atoms with Gasteiger partial charge in [0.15, 0.2) is 0 Å². The summed E-state index contributed by atoms with van der Waals surface area (Å²) in [5.74, 6) is 1.02. The van der Waals surface area contributed by atoms with Gasteiger partial charge in [0.05, 0.1) is 0 Å². The smallest absolute Gasteiger partial charge is 0 e. The van der Waals surface area contributed by atoms with Crippen LogP contribution >= 0.6 is 0 Å². The minimum Gasteiger partial charge on any atom is -0.0735 e. The van der Waals surface area contributed by atoms with Crippen molar-refractivity contribution in [3.8, 4) is 0 Å². The molecule has 0 heterocycles. The average molecular weight is 150 g/mol. The fourth-order valence-electron chi connectivity index (χ4n) is 2.61. The van der Waals surface area contributed by atoms with Gasteiger partial charge in [0.2, 0.25) is 0 Å². The molecular weight excluding hydrogens is 134 g/mol. The number of fused-ring (bicyclic) bond motifs is 2. The molecular formula is C10H16N. The molecule has 0 spiro atoms. The molecule has 1 atom stereocenters. The maximum Gasteiger partial charge on any atom is 0 e. The van der Waals surface area contributed by atoms with Crippen molar-refractivity contribution in [2.45, 2.75) is 40.0 Å². The van der Waals surface area contributed by atoms with Crippen LogP contribution in [0.15, 0.2) is 11.1 Å². The van der Waals surface area contributed by atoms with Gasteiger partial charge in [0.1, 0.15) is 0 Å². The summed E-state index contributed by atoms with van der Waals surface area (Å²) < 4.78 is 0. The van der Waals surface area contributed by atoms with Gasteiger partial charge in [0, 0.05) is 6.15 Å². The van der Waals surface area contributed by atoms with Crippen molar-refractivity contribution >= 4 is 0 Å². The molecule has 1 heteroatoms. The fourth-order valence-corrected chi connectivity index (χ4v) is 2.61. The number of hydrogen-bond acceptors (Lipinski definition) is 0. The van der Waals surface area contributed by atoms with Gasteiger partial charge < -0.3 is 0 Å². The lowest BCUT2D eigenvalue weighted by molar-refractivity contribution is 0.133. The predicted molar refractivity (Wildman–Crippen MR) is 46.0 cm³/mol. The van der Waals surface area contributed by atoms with E-state index in [0.717, 1.165) is 5.92 Å². The van der Waals surface area contributed by atoms with Crippen LogP contribution in [0.2, 0.25) is 0 Å². The molecule has 2 bridgehead atoms. The first-order valence-corrected chi connectivity index (χ1v) is 4.31. The molecule has 11 heavy (non-hydrogen) atoms. The monoisotopic (exact) mass is 150 g/mol. The van der Waals surface area contributed by atoms with Gasteiger partial charge in [-0.25, -0.2) is 0 Å². The molecule has 3 rings (SSSR count). The Balaban J connectivity index is 0.000000605. The second kappa shape index (κ2) is 2.34. The second-order valence-electron chi connectivity index (χ2n) is 4.42. The summed E-state index contributed by atoms with van der Waals surface area (Å²) in [6.45, 7) is 7.12. The fraction of sp³-hybridized carbons (Fsp3) is 0.800.